The molecule has 1 N–H and O–H groups in total. The first-order chi connectivity index (χ1) is 8.83. The van der Waals surface area contributed by atoms with Crippen molar-refractivity contribution >= 4 is 11.3 Å². The highest BCUT2D eigenvalue weighted by molar-refractivity contribution is 7.09. The SMILES string of the molecule is CC(c1cncs1)N(CC1CC1)CC1CCCN1. The average molecular weight is 265 g/mol. The molecule has 0 aromatic carbocycles. The second kappa shape index (κ2) is 5.68. The third kappa shape index (κ3) is 3.11. The first kappa shape index (κ1) is 12.6. The number of aromatic nitrogens is 1. The van der Waals surface area contributed by atoms with E-state index in [1.165, 1.54) is 50.2 Å². The first-order valence-corrected chi connectivity index (χ1v) is 8.06. The molecule has 1 aromatic heterocycles. The van der Waals surface area contributed by atoms with Crippen molar-refractivity contribution in [3.05, 3.63) is 16.6 Å². The van der Waals surface area contributed by atoms with Crippen LogP contribution in [0, 0.1) is 5.92 Å². The number of hydrogen-bond donors (Lipinski definition) is 1. The molecule has 4 heteroatoms. The van der Waals surface area contributed by atoms with Gasteiger partial charge in [0.15, 0.2) is 0 Å². The molecule has 1 aliphatic heterocycles. The highest BCUT2D eigenvalue weighted by Crippen LogP contribution is 2.33. The average Bonchev–Trinajstić information content (AvgIpc) is 2.88. The summed E-state index contributed by atoms with van der Waals surface area (Å²) in [5, 5.41) is 3.63. The van der Waals surface area contributed by atoms with Crippen LogP contribution in [0.5, 0.6) is 0 Å². The Morgan fingerprint density at radius 1 is 1.44 bits per heavy atom. The topological polar surface area (TPSA) is 28.2 Å². The minimum absolute atomic E-state index is 0.528. The molecule has 3 rings (SSSR count). The van der Waals surface area contributed by atoms with Gasteiger partial charge in [-0.1, -0.05) is 0 Å². The molecule has 1 saturated heterocycles. The van der Waals surface area contributed by atoms with Crippen LogP contribution in [0.25, 0.3) is 0 Å². The lowest BCUT2D eigenvalue weighted by Crippen LogP contribution is -2.39. The van der Waals surface area contributed by atoms with Gasteiger partial charge in [0.05, 0.1) is 5.51 Å². The Balaban J connectivity index is 1.63. The van der Waals surface area contributed by atoms with Crippen LogP contribution in [0.15, 0.2) is 11.7 Å². The van der Waals surface area contributed by atoms with Gasteiger partial charge >= 0.3 is 0 Å². The van der Waals surface area contributed by atoms with E-state index in [2.05, 4.69) is 22.1 Å². The van der Waals surface area contributed by atoms with Crippen molar-refractivity contribution in [2.45, 2.75) is 44.7 Å². The Morgan fingerprint density at radius 2 is 2.33 bits per heavy atom. The number of nitrogens with one attached hydrogen (secondary N) is 1. The zero-order valence-corrected chi connectivity index (χ0v) is 12.0. The summed E-state index contributed by atoms with van der Waals surface area (Å²) in [6.45, 7) is 6.02. The molecule has 1 saturated carbocycles. The van der Waals surface area contributed by atoms with Crippen LogP contribution in [-0.2, 0) is 0 Å². The van der Waals surface area contributed by atoms with Crippen LogP contribution in [0.1, 0.15) is 43.5 Å². The van der Waals surface area contributed by atoms with E-state index in [4.69, 9.17) is 0 Å². The highest BCUT2D eigenvalue weighted by Gasteiger charge is 2.29. The largest absolute Gasteiger partial charge is 0.313 e. The maximum absolute atomic E-state index is 4.23. The van der Waals surface area contributed by atoms with E-state index in [1.807, 2.05) is 11.7 Å². The summed E-state index contributed by atoms with van der Waals surface area (Å²) in [5.74, 6) is 0.960. The lowest BCUT2D eigenvalue weighted by Gasteiger charge is -2.30. The van der Waals surface area contributed by atoms with E-state index in [0.29, 0.717) is 12.1 Å². The Bertz CT molecular complexity index is 355. The normalized spacial score (nSPS) is 25.8. The Labute approximate surface area is 114 Å². The summed E-state index contributed by atoms with van der Waals surface area (Å²) in [7, 11) is 0. The van der Waals surface area contributed by atoms with E-state index in [1.54, 1.807) is 11.3 Å². The summed E-state index contributed by atoms with van der Waals surface area (Å²) in [4.78, 5) is 8.31. The molecule has 2 heterocycles. The molecule has 2 atom stereocenters. The van der Waals surface area contributed by atoms with Gasteiger partial charge < -0.3 is 5.32 Å². The van der Waals surface area contributed by atoms with Crippen LogP contribution >= 0.6 is 11.3 Å². The van der Waals surface area contributed by atoms with Gasteiger partial charge in [-0.2, -0.15) is 0 Å². The maximum Gasteiger partial charge on any atom is 0.0794 e. The van der Waals surface area contributed by atoms with Crippen LogP contribution in [0.3, 0.4) is 0 Å². The number of hydrogen-bond acceptors (Lipinski definition) is 4. The van der Waals surface area contributed by atoms with E-state index in [0.717, 1.165) is 5.92 Å². The van der Waals surface area contributed by atoms with Gasteiger partial charge in [-0.3, -0.25) is 9.88 Å². The van der Waals surface area contributed by atoms with Crippen LogP contribution in [0.2, 0.25) is 0 Å². The van der Waals surface area contributed by atoms with Crippen LogP contribution in [-0.4, -0.2) is 35.6 Å². The summed E-state index contributed by atoms with van der Waals surface area (Å²) in [5.41, 5.74) is 1.95. The number of thiazole rings is 1. The molecule has 0 bridgehead atoms. The molecule has 0 spiro atoms. The van der Waals surface area contributed by atoms with Crippen molar-refractivity contribution < 1.29 is 0 Å². The second-order valence-corrected chi connectivity index (χ2v) is 6.69. The monoisotopic (exact) mass is 265 g/mol. The van der Waals surface area contributed by atoms with Crippen molar-refractivity contribution in [3.63, 3.8) is 0 Å². The predicted molar refractivity (Wildman–Crippen MR) is 75.9 cm³/mol. The highest BCUT2D eigenvalue weighted by atomic mass is 32.1. The molecule has 18 heavy (non-hydrogen) atoms. The van der Waals surface area contributed by atoms with E-state index in [9.17, 15) is 0 Å². The fourth-order valence-electron chi connectivity index (χ4n) is 2.83. The van der Waals surface area contributed by atoms with Gasteiger partial charge in [-0.25, -0.2) is 0 Å². The van der Waals surface area contributed by atoms with Gasteiger partial charge in [-0.15, -0.1) is 11.3 Å². The van der Waals surface area contributed by atoms with Gasteiger partial charge in [0, 0.05) is 36.2 Å². The summed E-state index contributed by atoms with van der Waals surface area (Å²) < 4.78 is 0. The third-order valence-electron chi connectivity index (χ3n) is 4.22. The van der Waals surface area contributed by atoms with Gasteiger partial charge in [-0.05, 0) is 45.1 Å². The molecule has 1 aliphatic carbocycles. The summed E-state index contributed by atoms with van der Waals surface area (Å²) >= 11 is 1.79. The minimum Gasteiger partial charge on any atom is -0.313 e. The van der Waals surface area contributed by atoms with E-state index >= 15 is 0 Å². The quantitative estimate of drug-likeness (QED) is 0.857. The maximum atomic E-state index is 4.23. The van der Waals surface area contributed by atoms with Crippen LogP contribution in [0.4, 0.5) is 0 Å². The predicted octanol–water partition coefficient (Wildman–Crippen LogP) is 2.67. The van der Waals surface area contributed by atoms with Crippen LogP contribution < -0.4 is 5.32 Å². The fraction of sp³-hybridized carbons (Fsp3) is 0.786. The van der Waals surface area contributed by atoms with Gasteiger partial charge in [0.2, 0.25) is 0 Å². The standard InChI is InChI=1S/C14H23N3S/c1-11(14-7-15-10-18-14)17(8-12-4-5-12)9-13-3-2-6-16-13/h7,10-13,16H,2-6,8-9H2,1H3. The van der Waals surface area contributed by atoms with Crippen molar-refractivity contribution in [2.24, 2.45) is 5.92 Å². The number of nitrogens with zero attached hydrogens (tertiary/aromatic N) is 2. The molecule has 2 aliphatic rings. The van der Waals surface area contributed by atoms with Gasteiger partial charge in [0.1, 0.15) is 0 Å². The first-order valence-electron chi connectivity index (χ1n) is 7.19. The van der Waals surface area contributed by atoms with E-state index in [-0.39, 0.29) is 0 Å². The number of rotatable bonds is 6. The zero-order valence-electron chi connectivity index (χ0n) is 11.1. The molecule has 3 nitrogen and oxygen atoms in total. The lowest BCUT2D eigenvalue weighted by molar-refractivity contribution is 0.186. The molecule has 2 unspecified atom stereocenters. The minimum atomic E-state index is 0.528. The summed E-state index contributed by atoms with van der Waals surface area (Å²) in [6.07, 6.45) is 7.60. The molecule has 0 radical (unpaired) electrons. The molecule has 2 fully saturated rings. The van der Waals surface area contributed by atoms with Crippen molar-refractivity contribution in [1.82, 2.24) is 15.2 Å². The Hall–Kier alpha value is -0.450. The van der Waals surface area contributed by atoms with E-state index < -0.39 is 0 Å². The third-order valence-corrected chi connectivity index (χ3v) is 5.16. The second-order valence-electron chi connectivity index (χ2n) is 5.77. The smallest absolute Gasteiger partial charge is 0.0794 e. The van der Waals surface area contributed by atoms with Crippen molar-refractivity contribution in [2.75, 3.05) is 19.6 Å². The van der Waals surface area contributed by atoms with Crippen molar-refractivity contribution in [1.29, 1.82) is 0 Å². The molecule has 0 amide bonds. The Morgan fingerprint density at radius 3 is 2.94 bits per heavy atom. The fourth-order valence-corrected chi connectivity index (χ4v) is 3.54. The van der Waals surface area contributed by atoms with Gasteiger partial charge in [0.25, 0.3) is 0 Å². The lowest BCUT2D eigenvalue weighted by atomic mass is 10.1. The summed E-state index contributed by atoms with van der Waals surface area (Å²) in [6, 6.07) is 1.24. The Kier molecular flexibility index (Phi) is 3.97. The molecular weight excluding hydrogens is 242 g/mol. The van der Waals surface area contributed by atoms with Crippen molar-refractivity contribution in [3.8, 4) is 0 Å². The molecule has 100 valence electrons. The molecular formula is C14H23N3S. The molecule has 1 aromatic rings. The zero-order chi connectivity index (χ0) is 12.4.